The van der Waals surface area contributed by atoms with Gasteiger partial charge in [-0.05, 0) is 13.0 Å². The number of benzene rings is 1. The average Bonchev–Trinajstić information content (AvgIpc) is 2.04. The predicted octanol–water partition coefficient (Wildman–Crippen LogP) is 1.03. The summed E-state index contributed by atoms with van der Waals surface area (Å²) in [4.78, 5) is 18.0. The summed E-state index contributed by atoms with van der Waals surface area (Å²) in [7, 11) is 0. The number of hydrogen-bond donors (Lipinski definition) is 1. The molecule has 2 aromatic rings. The van der Waals surface area contributed by atoms with E-state index in [2.05, 4.69) is 16.0 Å². The molecule has 0 saturated carbocycles. The van der Waals surface area contributed by atoms with Crippen LogP contribution in [0.3, 0.4) is 0 Å². The fourth-order valence-corrected chi connectivity index (χ4v) is 1.13. The molecule has 0 atom stereocenters. The quantitative estimate of drug-likeness (QED) is 0.624. The van der Waals surface area contributed by atoms with Gasteiger partial charge in [-0.25, -0.2) is 4.98 Å². The summed E-state index contributed by atoms with van der Waals surface area (Å²) in [5.74, 6) is 0.620. The van der Waals surface area contributed by atoms with Gasteiger partial charge in [0.2, 0.25) is 0 Å². The highest BCUT2D eigenvalue weighted by Gasteiger charge is 1.98. The molecule has 1 aromatic carbocycles. The molecule has 59 valence electrons. The van der Waals surface area contributed by atoms with Crippen molar-refractivity contribution in [1.29, 1.82) is 0 Å². The van der Waals surface area contributed by atoms with Crippen LogP contribution in [-0.2, 0) is 0 Å². The topological polar surface area (TPSA) is 45.8 Å². The first-order valence-corrected chi connectivity index (χ1v) is 3.65. The number of aromatic amines is 1. The molecule has 3 heteroatoms. The van der Waals surface area contributed by atoms with Gasteiger partial charge in [-0.15, -0.1) is 0 Å². The Bertz CT molecular complexity index is 473. The highest BCUT2D eigenvalue weighted by Crippen LogP contribution is 2.03. The molecule has 0 fully saturated rings. The van der Waals surface area contributed by atoms with Gasteiger partial charge in [0, 0.05) is 6.07 Å². The largest absolute Gasteiger partial charge is 0.310 e. The zero-order valence-electron chi connectivity index (χ0n) is 6.59. The van der Waals surface area contributed by atoms with Crippen molar-refractivity contribution in [2.75, 3.05) is 0 Å². The Labute approximate surface area is 69.1 Å². The van der Waals surface area contributed by atoms with Gasteiger partial charge in [0.25, 0.3) is 5.56 Å². The normalized spacial score (nSPS) is 10.4. The third-order valence-corrected chi connectivity index (χ3v) is 1.65. The lowest BCUT2D eigenvalue weighted by Crippen LogP contribution is -2.09. The van der Waals surface area contributed by atoms with Crippen LogP contribution in [-0.4, -0.2) is 9.97 Å². The second-order valence-corrected chi connectivity index (χ2v) is 2.58. The third kappa shape index (κ3) is 0.993. The second-order valence-electron chi connectivity index (χ2n) is 2.58. The summed E-state index contributed by atoms with van der Waals surface area (Å²) in [6.07, 6.45) is 0. The highest BCUT2D eigenvalue weighted by atomic mass is 16.1. The molecule has 0 spiro atoms. The van der Waals surface area contributed by atoms with E-state index < -0.39 is 0 Å². The van der Waals surface area contributed by atoms with Crippen LogP contribution < -0.4 is 5.56 Å². The maximum absolute atomic E-state index is 11.3. The second kappa shape index (κ2) is 2.44. The van der Waals surface area contributed by atoms with Crippen LogP contribution >= 0.6 is 0 Å². The molecule has 0 bridgehead atoms. The zero-order chi connectivity index (χ0) is 8.55. The highest BCUT2D eigenvalue weighted by molar-refractivity contribution is 5.76. The van der Waals surface area contributed by atoms with E-state index in [0.717, 1.165) is 0 Å². The van der Waals surface area contributed by atoms with Gasteiger partial charge in [0.15, 0.2) is 0 Å². The van der Waals surface area contributed by atoms with E-state index in [1.54, 1.807) is 25.1 Å². The van der Waals surface area contributed by atoms with Crippen molar-refractivity contribution in [3.63, 3.8) is 0 Å². The van der Waals surface area contributed by atoms with Gasteiger partial charge < -0.3 is 4.98 Å². The van der Waals surface area contributed by atoms with E-state index in [9.17, 15) is 4.79 Å². The van der Waals surface area contributed by atoms with Crippen molar-refractivity contribution in [1.82, 2.24) is 9.97 Å². The monoisotopic (exact) mass is 159 g/mol. The Hall–Kier alpha value is -1.64. The summed E-state index contributed by atoms with van der Waals surface area (Å²) < 4.78 is 0. The van der Waals surface area contributed by atoms with E-state index in [-0.39, 0.29) is 5.56 Å². The van der Waals surface area contributed by atoms with Crippen molar-refractivity contribution in [2.24, 2.45) is 0 Å². The fraction of sp³-hybridized carbons (Fsp3) is 0.111. The van der Waals surface area contributed by atoms with Crippen LogP contribution in [0.15, 0.2) is 23.0 Å². The molecule has 1 heterocycles. The number of hydrogen-bond acceptors (Lipinski definition) is 2. The average molecular weight is 159 g/mol. The SMILES string of the molecule is Cc1nc2[c]cccc2c(=O)[nH]1. The lowest BCUT2D eigenvalue weighted by molar-refractivity contribution is 1.06. The maximum atomic E-state index is 11.3. The Morgan fingerprint density at radius 3 is 3.25 bits per heavy atom. The first-order valence-electron chi connectivity index (χ1n) is 3.65. The van der Waals surface area contributed by atoms with Crippen molar-refractivity contribution in [2.45, 2.75) is 6.92 Å². The summed E-state index contributed by atoms with van der Waals surface area (Å²) in [6, 6.07) is 8.15. The molecule has 0 aliphatic carbocycles. The molecule has 1 aromatic heterocycles. The van der Waals surface area contributed by atoms with Crippen molar-refractivity contribution >= 4 is 10.9 Å². The predicted molar refractivity (Wildman–Crippen MR) is 45.9 cm³/mol. The fourth-order valence-electron chi connectivity index (χ4n) is 1.13. The third-order valence-electron chi connectivity index (χ3n) is 1.65. The minimum atomic E-state index is -0.102. The van der Waals surface area contributed by atoms with E-state index in [1.165, 1.54) is 0 Å². The van der Waals surface area contributed by atoms with E-state index in [0.29, 0.717) is 16.7 Å². The molecule has 0 aliphatic heterocycles. The number of para-hydroxylation sites is 1. The lowest BCUT2D eigenvalue weighted by Gasteiger charge is -1.95. The number of aromatic nitrogens is 2. The minimum Gasteiger partial charge on any atom is -0.310 e. The van der Waals surface area contributed by atoms with Gasteiger partial charge in [-0.1, -0.05) is 12.1 Å². The Balaban J connectivity index is 2.99. The molecule has 0 unspecified atom stereocenters. The molecule has 1 N–H and O–H groups in total. The first kappa shape index (κ1) is 7.03. The van der Waals surface area contributed by atoms with E-state index in [4.69, 9.17) is 0 Å². The van der Waals surface area contributed by atoms with Gasteiger partial charge in [0.1, 0.15) is 5.82 Å². The Morgan fingerprint density at radius 2 is 2.42 bits per heavy atom. The van der Waals surface area contributed by atoms with E-state index in [1.807, 2.05) is 0 Å². The van der Waals surface area contributed by atoms with Crippen LogP contribution in [0.4, 0.5) is 0 Å². The van der Waals surface area contributed by atoms with Crippen molar-refractivity contribution in [3.05, 3.63) is 40.4 Å². The van der Waals surface area contributed by atoms with Crippen LogP contribution in [0.5, 0.6) is 0 Å². The number of rotatable bonds is 0. The molecule has 3 nitrogen and oxygen atoms in total. The standard InChI is InChI=1S/C9H7N2O/c1-6-10-8-5-3-2-4-7(8)9(12)11-6/h2-4H,1H3,(H,10,11,12). The summed E-state index contributed by atoms with van der Waals surface area (Å²) in [5.41, 5.74) is 0.521. The van der Waals surface area contributed by atoms with Crippen LogP contribution in [0.25, 0.3) is 10.9 Å². The van der Waals surface area contributed by atoms with Gasteiger partial charge in [-0.3, -0.25) is 4.79 Å². The number of H-pyrrole nitrogens is 1. The number of nitrogens with one attached hydrogen (secondary N) is 1. The molecular weight excluding hydrogens is 152 g/mol. The molecular formula is C9H7N2O. The van der Waals surface area contributed by atoms with Crippen LogP contribution in [0.2, 0.25) is 0 Å². The molecule has 0 amide bonds. The summed E-state index contributed by atoms with van der Waals surface area (Å²) in [6.45, 7) is 1.75. The minimum absolute atomic E-state index is 0.102. The lowest BCUT2D eigenvalue weighted by atomic mass is 10.2. The van der Waals surface area contributed by atoms with Gasteiger partial charge in [-0.2, -0.15) is 0 Å². The Kier molecular flexibility index (Phi) is 1.43. The molecule has 2 rings (SSSR count). The molecule has 1 radical (unpaired) electrons. The molecule has 0 saturated heterocycles. The summed E-state index contributed by atoms with van der Waals surface area (Å²) >= 11 is 0. The van der Waals surface area contributed by atoms with E-state index >= 15 is 0 Å². The van der Waals surface area contributed by atoms with Gasteiger partial charge in [0.05, 0.1) is 10.9 Å². The number of nitrogens with zero attached hydrogens (tertiary/aromatic N) is 1. The van der Waals surface area contributed by atoms with Crippen molar-refractivity contribution < 1.29 is 0 Å². The van der Waals surface area contributed by atoms with Crippen LogP contribution in [0, 0.1) is 13.0 Å². The number of fused-ring (bicyclic) bond motifs is 1. The molecule has 0 aliphatic rings. The zero-order valence-corrected chi connectivity index (χ0v) is 6.59. The first-order chi connectivity index (χ1) is 5.77. The van der Waals surface area contributed by atoms with Crippen LogP contribution in [0.1, 0.15) is 5.82 Å². The van der Waals surface area contributed by atoms with Gasteiger partial charge >= 0.3 is 0 Å². The van der Waals surface area contributed by atoms with Crippen molar-refractivity contribution in [3.8, 4) is 0 Å². The molecule has 12 heavy (non-hydrogen) atoms. The Morgan fingerprint density at radius 1 is 1.58 bits per heavy atom. The smallest absolute Gasteiger partial charge is 0.258 e. The number of aryl methyl sites for hydroxylation is 1. The maximum Gasteiger partial charge on any atom is 0.258 e. The summed E-state index contributed by atoms with van der Waals surface area (Å²) in [5, 5.41) is 0.586.